The molecule has 4 nitrogen and oxygen atoms in total. The number of hydrogen-bond acceptors (Lipinski definition) is 3. The molecule has 0 aromatic heterocycles. The Morgan fingerprint density at radius 1 is 1.05 bits per heavy atom. The lowest BCUT2D eigenvalue weighted by Gasteiger charge is -2.68. The number of hydrogen-bond donors (Lipinski definition) is 0. The summed E-state index contributed by atoms with van der Waals surface area (Å²) in [7, 11) is 0. The maximum Gasteiger partial charge on any atom is 0.227 e. The minimum absolute atomic E-state index is 0.0212. The monoisotopic (exact) mass is 499 g/mol. The number of ketones is 3. The Morgan fingerprint density at radius 3 is 2.30 bits per heavy atom. The molecule has 0 heterocycles. The van der Waals surface area contributed by atoms with E-state index in [1.807, 2.05) is 19.9 Å². The summed E-state index contributed by atoms with van der Waals surface area (Å²) >= 11 is 0. The molecule has 0 saturated heterocycles. The van der Waals surface area contributed by atoms with Gasteiger partial charge in [-0.15, -0.1) is 6.42 Å². The number of fused-ring (bicyclic) bond motifs is 7. The van der Waals surface area contributed by atoms with Gasteiger partial charge in [0.2, 0.25) is 5.70 Å². The third-order valence-electron chi connectivity index (χ3n) is 12.4. The molecule has 37 heavy (non-hydrogen) atoms. The largest absolute Gasteiger partial charge is 0.307 e. The maximum atomic E-state index is 14.4. The van der Waals surface area contributed by atoms with Gasteiger partial charge in [0.25, 0.3) is 0 Å². The molecule has 5 aliphatic rings. The van der Waals surface area contributed by atoms with Gasteiger partial charge in [-0.25, -0.2) is 4.85 Å². The summed E-state index contributed by atoms with van der Waals surface area (Å²) in [5.74, 6) is 2.87. The van der Waals surface area contributed by atoms with E-state index in [0.717, 1.165) is 50.5 Å². The third-order valence-corrected chi connectivity index (χ3v) is 12.4. The first kappa shape index (κ1) is 26.2. The first-order valence-electron chi connectivity index (χ1n) is 14.0. The standard InChI is InChI=1S/C33H41NO3/c1-10-32-19-22(34-9)27(37)29(5,6)24(32)11-12-30(7)25(32)17-23(36)26-21-18-28(3,4)13-15-33(21,20(2)35)16-14-31(26,30)8/h1,17,19,21,24,26H,11-16,18H2,2-8H3/t21-,24-,26-,30+,31+,32-,33+/m0/s1. The smallest absolute Gasteiger partial charge is 0.227 e. The van der Waals surface area contributed by atoms with Crippen molar-refractivity contribution in [1.82, 2.24) is 0 Å². The molecule has 5 aliphatic carbocycles. The van der Waals surface area contributed by atoms with E-state index in [1.165, 1.54) is 0 Å². The molecule has 5 rings (SSSR count). The van der Waals surface area contributed by atoms with Crippen LogP contribution in [0.15, 0.2) is 23.4 Å². The number of Topliss-reactive ketones (excluding diaryl/α,β-unsaturated/α-hetero) is 2. The summed E-state index contributed by atoms with van der Waals surface area (Å²) < 4.78 is 0. The van der Waals surface area contributed by atoms with Crippen LogP contribution in [0.4, 0.5) is 0 Å². The molecule has 4 heteroatoms. The van der Waals surface area contributed by atoms with Gasteiger partial charge < -0.3 is 4.79 Å². The van der Waals surface area contributed by atoms with Crippen LogP contribution >= 0.6 is 0 Å². The van der Waals surface area contributed by atoms with Crippen molar-refractivity contribution in [3.8, 4) is 12.3 Å². The van der Waals surface area contributed by atoms with Gasteiger partial charge in [-0.2, -0.15) is 0 Å². The Kier molecular flexibility index (Phi) is 5.34. The molecule has 0 aromatic carbocycles. The average molecular weight is 500 g/mol. The number of allylic oxidation sites excluding steroid dienone is 4. The van der Waals surface area contributed by atoms with Gasteiger partial charge in [0.1, 0.15) is 5.78 Å². The fraction of sp³-hybridized carbons (Fsp3) is 0.697. The van der Waals surface area contributed by atoms with Crippen molar-refractivity contribution in [3.05, 3.63) is 34.8 Å². The topological polar surface area (TPSA) is 55.6 Å². The molecule has 3 fully saturated rings. The second kappa shape index (κ2) is 7.56. The number of carbonyl (C=O) groups excluding carboxylic acids is 3. The van der Waals surface area contributed by atoms with Crippen LogP contribution < -0.4 is 0 Å². The first-order chi connectivity index (χ1) is 17.1. The van der Waals surface area contributed by atoms with E-state index in [2.05, 4.69) is 38.5 Å². The fourth-order valence-corrected chi connectivity index (χ4v) is 9.94. The quantitative estimate of drug-likeness (QED) is 0.296. The summed E-state index contributed by atoms with van der Waals surface area (Å²) in [6, 6.07) is 0. The predicted molar refractivity (Wildman–Crippen MR) is 144 cm³/mol. The van der Waals surface area contributed by atoms with E-state index in [4.69, 9.17) is 13.0 Å². The van der Waals surface area contributed by atoms with Crippen LogP contribution in [-0.2, 0) is 14.4 Å². The molecule has 3 saturated carbocycles. The Morgan fingerprint density at radius 2 is 1.70 bits per heavy atom. The zero-order valence-corrected chi connectivity index (χ0v) is 23.6. The second-order valence-electron chi connectivity index (χ2n) is 14.7. The first-order valence-corrected chi connectivity index (χ1v) is 14.0. The number of terminal acetylenes is 1. The maximum absolute atomic E-state index is 14.4. The van der Waals surface area contributed by atoms with Crippen molar-refractivity contribution in [1.29, 1.82) is 0 Å². The lowest BCUT2D eigenvalue weighted by Crippen LogP contribution is -2.65. The van der Waals surface area contributed by atoms with Crippen LogP contribution in [0.5, 0.6) is 0 Å². The van der Waals surface area contributed by atoms with Gasteiger partial charge in [-0.1, -0.05) is 53.5 Å². The van der Waals surface area contributed by atoms with Gasteiger partial charge >= 0.3 is 0 Å². The highest BCUT2D eigenvalue weighted by Gasteiger charge is 2.71. The van der Waals surface area contributed by atoms with E-state index >= 15 is 0 Å². The molecule has 0 amide bonds. The highest BCUT2D eigenvalue weighted by atomic mass is 16.1. The van der Waals surface area contributed by atoms with Crippen LogP contribution in [0, 0.1) is 69.2 Å². The third kappa shape index (κ3) is 3.00. The van der Waals surface area contributed by atoms with E-state index in [0.29, 0.717) is 0 Å². The van der Waals surface area contributed by atoms with Crippen molar-refractivity contribution in [3.63, 3.8) is 0 Å². The summed E-state index contributed by atoms with van der Waals surface area (Å²) in [5, 5.41) is 0. The van der Waals surface area contributed by atoms with Crippen LogP contribution in [0.1, 0.15) is 93.4 Å². The van der Waals surface area contributed by atoms with Crippen molar-refractivity contribution < 1.29 is 14.4 Å². The Hall–Kier alpha value is -2.46. The van der Waals surface area contributed by atoms with E-state index < -0.39 is 16.2 Å². The zero-order chi connectivity index (χ0) is 27.4. The second-order valence-corrected chi connectivity index (χ2v) is 14.7. The summed E-state index contributed by atoms with van der Waals surface area (Å²) in [6.07, 6.45) is 15.9. The summed E-state index contributed by atoms with van der Waals surface area (Å²) in [5.41, 5.74) is -1.74. The van der Waals surface area contributed by atoms with E-state index in [1.54, 1.807) is 13.0 Å². The molecule has 0 bridgehead atoms. The molecule has 0 unspecified atom stereocenters. The van der Waals surface area contributed by atoms with Gasteiger partial charge in [-0.05, 0) is 91.6 Å². The van der Waals surface area contributed by atoms with Crippen LogP contribution in [0.2, 0.25) is 0 Å². The molecular weight excluding hydrogens is 458 g/mol. The molecule has 196 valence electrons. The Bertz CT molecular complexity index is 1270. The van der Waals surface area contributed by atoms with Crippen LogP contribution in [0.25, 0.3) is 4.85 Å². The lowest BCUT2D eigenvalue weighted by molar-refractivity contribution is -0.175. The van der Waals surface area contributed by atoms with Gasteiger partial charge in [0.15, 0.2) is 11.6 Å². The molecule has 7 atom stereocenters. The molecule has 0 radical (unpaired) electrons. The lowest BCUT2D eigenvalue weighted by atomic mass is 9.34. The van der Waals surface area contributed by atoms with E-state index in [-0.39, 0.29) is 57.0 Å². The summed E-state index contributed by atoms with van der Waals surface area (Å²) in [6.45, 7) is 22.4. The number of carbonyl (C=O) groups is 3. The molecular formula is C33H41NO3. The normalized spacial score (nSPS) is 45.5. The molecule has 0 aliphatic heterocycles. The fourth-order valence-electron chi connectivity index (χ4n) is 9.94. The predicted octanol–water partition coefficient (Wildman–Crippen LogP) is 6.76. The Balaban J connectivity index is 1.74. The van der Waals surface area contributed by atoms with Gasteiger partial charge in [-0.3, -0.25) is 9.59 Å². The number of nitrogens with zero attached hydrogens (tertiary/aromatic N) is 1. The number of rotatable bonds is 1. The van der Waals surface area contributed by atoms with Crippen molar-refractivity contribution >= 4 is 17.3 Å². The minimum Gasteiger partial charge on any atom is -0.307 e. The van der Waals surface area contributed by atoms with Crippen LogP contribution in [0.3, 0.4) is 0 Å². The summed E-state index contributed by atoms with van der Waals surface area (Å²) in [4.78, 5) is 44.5. The minimum atomic E-state index is -0.936. The van der Waals surface area contributed by atoms with Gasteiger partial charge in [0, 0.05) is 16.7 Å². The molecule has 0 aromatic rings. The van der Waals surface area contributed by atoms with E-state index in [9.17, 15) is 14.4 Å². The van der Waals surface area contributed by atoms with Crippen molar-refractivity contribution in [2.45, 2.75) is 93.4 Å². The highest BCUT2D eigenvalue weighted by Crippen LogP contribution is 2.74. The van der Waals surface area contributed by atoms with Gasteiger partial charge in [0.05, 0.1) is 12.0 Å². The zero-order valence-electron chi connectivity index (χ0n) is 23.6. The molecule has 0 spiro atoms. The van der Waals surface area contributed by atoms with Crippen molar-refractivity contribution in [2.24, 2.45) is 50.2 Å². The van der Waals surface area contributed by atoms with Crippen molar-refractivity contribution in [2.75, 3.05) is 0 Å². The SMILES string of the molecule is [C-]#[N+]C1=C[C@]2(C#C)C3=CC(=O)[C@@H]4[C@@H]5CC(C)(C)CC[C@]5(C(C)=O)CC[C@@]4(C)[C@]3(C)CC[C@H]2C(C)(C)C1=O. The Labute approximate surface area is 222 Å². The van der Waals surface area contributed by atoms with Crippen LogP contribution in [-0.4, -0.2) is 17.3 Å². The highest BCUT2D eigenvalue weighted by molar-refractivity contribution is 6.03. The molecule has 0 N–H and O–H groups in total. The average Bonchev–Trinajstić information content (AvgIpc) is 2.81.